The Kier molecular flexibility index (Phi) is 4.33. The predicted molar refractivity (Wildman–Crippen MR) is 75.8 cm³/mol. The molecule has 0 radical (unpaired) electrons. The Morgan fingerprint density at radius 1 is 1.39 bits per heavy atom. The third-order valence-electron chi connectivity index (χ3n) is 4.22. The minimum atomic E-state index is 0.618. The van der Waals surface area contributed by atoms with Crippen LogP contribution >= 0.6 is 11.6 Å². The van der Waals surface area contributed by atoms with Crippen molar-refractivity contribution in [2.75, 3.05) is 0 Å². The maximum atomic E-state index is 6.27. The number of hydrogen-bond donors (Lipinski definition) is 1. The zero-order valence-electron chi connectivity index (χ0n) is 11.8. The van der Waals surface area contributed by atoms with Gasteiger partial charge in [-0.05, 0) is 38.0 Å². The molecule has 3 nitrogen and oxygen atoms in total. The lowest BCUT2D eigenvalue weighted by molar-refractivity contribution is 0.226. The molecule has 3 atom stereocenters. The summed E-state index contributed by atoms with van der Waals surface area (Å²) in [4.78, 5) is 0. The molecule has 1 aliphatic carbocycles. The van der Waals surface area contributed by atoms with Gasteiger partial charge in [0.2, 0.25) is 0 Å². The van der Waals surface area contributed by atoms with Gasteiger partial charge in [-0.15, -0.1) is 0 Å². The van der Waals surface area contributed by atoms with Crippen LogP contribution in [0.3, 0.4) is 0 Å². The molecule has 1 aromatic heterocycles. The number of nitrogens with zero attached hydrogens (tertiary/aromatic N) is 2. The van der Waals surface area contributed by atoms with E-state index in [-0.39, 0.29) is 0 Å². The quantitative estimate of drug-likeness (QED) is 0.913. The lowest BCUT2D eigenvalue weighted by atomic mass is 9.80. The molecule has 2 rings (SSSR count). The smallest absolute Gasteiger partial charge is 0.0860 e. The van der Waals surface area contributed by atoms with E-state index in [1.54, 1.807) is 0 Å². The lowest BCUT2D eigenvalue weighted by Crippen LogP contribution is -2.39. The average molecular weight is 270 g/mol. The van der Waals surface area contributed by atoms with Crippen LogP contribution < -0.4 is 5.32 Å². The van der Waals surface area contributed by atoms with Crippen molar-refractivity contribution in [1.29, 1.82) is 0 Å². The maximum absolute atomic E-state index is 6.27. The molecule has 0 bridgehead atoms. The van der Waals surface area contributed by atoms with Gasteiger partial charge >= 0.3 is 0 Å². The Bertz CT molecular complexity index is 413. The van der Waals surface area contributed by atoms with E-state index in [1.165, 1.54) is 19.3 Å². The number of halogens is 1. The standard InChI is InChI=1S/C14H24ClN3/c1-9-5-6-12(10(2)7-9)16-8-13-14(15)11(3)17-18(13)4/h9-10,12,16H,5-8H2,1-4H3. The van der Waals surface area contributed by atoms with E-state index in [0.29, 0.717) is 6.04 Å². The number of aryl methyl sites for hydroxylation is 2. The Labute approximate surface area is 115 Å². The van der Waals surface area contributed by atoms with Gasteiger partial charge in [0, 0.05) is 19.6 Å². The molecule has 3 unspecified atom stereocenters. The first kappa shape index (κ1) is 13.9. The summed E-state index contributed by atoms with van der Waals surface area (Å²) in [5, 5.41) is 8.82. The fourth-order valence-electron chi connectivity index (χ4n) is 3.07. The summed E-state index contributed by atoms with van der Waals surface area (Å²) in [5.74, 6) is 1.63. The topological polar surface area (TPSA) is 29.9 Å². The van der Waals surface area contributed by atoms with Crippen LogP contribution in [0.5, 0.6) is 0 Å². The number of nitrogens with one attached hydrogen (secondary N) is 1. The molecule has 18 heavy (non-hydrogen) atoms. The van der Waals surface area contributed by atoms with Gasteiger partial charge in [-0.1, -0.05) is 25.4 Å². The number of hydrogen-bond acceptors (Lipinski definition) is 2. The fourth-order valence-corrected chi connectivity index (χ4v) is 3.30. The van der Waals surface area contributed by atoms with E-state index >= 15 is 0 Å². The van der Waals surface area contributed by atoms with E-state index in [2.05, 4.69) is 24.3 Å². The van der Waals surface area contributed by atoms with Gasteiger partial charge in [0.1, 0.15) is 0 Å². The van der Waals surface area contributed by atoms with Gasteiger partial charge in [-0.25, -0.2) is 0 Å². The minimum Gasteiger partial charge on any atom is -0.308 e. The highest BCUT2D eigenvalue weighted by Gasteiger charge is 2.25. The van der Waals surface area contributed by atoms with Crippen molar-refractivity contribution in [3.8, 4) is 0 Å². The monoisotopic (exact) mass is 269 g/mol. The zero-order chi connectivity index (χ0) is 13.3. The number of rotatable bonds is 3. The lowest BCUT2D eigenvalue weighted by Gasteiger charge is -2.33. The zero-order valence-corrected chi connectivity index (χ0v) is 12.6. The first-order valence-electron chi connectivity index (χ1n) is 6.90. The Hall–Kier alpha value is -0.540. The fraction of sp³-hybridized carbons (Fsp3) is 0.786. The van der Waals surface area contributed by atoms with Gasteiger partial charge in [-0.2, -0.15) is 5.10 Å². The van der Waals surface area contributed by atoms with Crippen LogP contribution in [0, 0.1) is 18.8 Å². The molecule has 0 aromatic carbocycles. The summed E-state index contributed by atoms with van der Waals surface area (Å²) in [7, 11) is 1.96. The van der Waals surface area contributed by atoms with Crippen LogP contribution in [0.1, 0.15) is 44.5 Å². The van der Waals surface area contributed by atoms with Crippen LogP contribution in [-0.4, -0.2) is 15.8 Å². The molecule has 1 fully saturated rings. The van der Waals surface area contributed by atoms with Crippen LogP contribution in [0.4, 0.5) is 0 Å². The SMILES string of the molecule is Cc1nn(C)c(CNC2CCC(C)CC2C)c1Cl. The van der Waals surface area contributed by atoms with E-state index in [4.69, 9.17) is 11.6 Å². The summed E-state index contributed by atoms with van der Waals surface area (Å²) in [6.45, 7) is 7.48. The Morgan fingerprint density at radius 3 is 2.67 bits per heavy atom. The van der Waals surface area contributed by atoms with E-state index in [1.807, 2.05) is 18.7 Å². The van der Waals surface area contributed by atoms with Crippen molar-refractivity contribution >= 4 is 11.6 Å². The normalized spacial score (nSPS) is 28.6. The molecular weight excluding hydrogens is 246 g/mol. The van der Waals surface area contributed by atoms with Gasteiger partial charge < -0.3 is 5.32 Å². The highest BCUT2D eigenvalue weighted by atomic mass is 35.5. The first-order chi connectivity index (χ1) is 8.49. The molecule has 0 aliphatic heterocycles. The highest BCUT2D eigenvalue weighted by Crippen LogP contribution is 2.29. The molecule has 1 aliphatic rings. The Morgan fingerprint density at radius 2 is 2.11 bits per heavy atom. The molecule has 1 heterocycles. The van der Waals surface area contributed by atoms with Crippen molar-refractivity contribution in [2.24, 2.45) is 18.9 Å². The van der Waals surface area contributed by atoms with Crippen LogP contribution in [-0.2, 0) is 13.6 Å². The predicted octanol–water partition coefficient (Wildman–Crippen LogP) is 3.30. The van der Waals surface area contributed by atoms with Gasteiger partial charge in [0.05, 0.1) is 16.4 Å². The second-order valence-electron chi connectivity index (χ2n) is 5.85. The Balaban J connectivity index is 1.95. The van der Waals surface area contributed by atoms with E-state index < -0.39 is 0 Å². The summed E-state index contributed by atoms with van der Waals surface area (Å²) in [5.41, 5.74) is 2.02. The highest BCUT2D eigenvalue weighted by molar-refractivity contribution is 6.31. The van der Waals surface area contributed by atoms with Crippen molar-refractivity contribution in [3.05, 3.63) is 16.4 Å². The number of aromatic nitrogens is 2. The summed E-state index contributed by atoms with van der Waals surface area (Å²) >= 11 is 6.27. The van der Waals surface area contributed by atoms with Crippen molar-refractivity contribution < 1.29 is 0 Å². The second-order valence-corrected chi connectivity index (χ2v) is 6.23. The van der Waals surface area contributed by atoms with E-state index in [0.717, 1.165) is 34.8 Å². The third-order valence-corrected chi connectivity index (χ3v) is 4.72. The van der Waals surface area contributed by atoms with Crippen molar-refractivity contribution in [3.63, 3.8) is 0 Å². The largest absolute Gasteiger partial charge is 0.308 e. The summed E-state index contributed by atoms with van der Waals surface area (Å²) < 4.78 is 1.89. The molecule has 102 valence electrons. The van der Waals surface area contributed by atoms with Crippen LogP contribution in [0.15, 0.2) is 0 Å². The average Bonchev–Trinajstić information content (AvgIpc) is 2.53. The maximum Gasteiger partial charge on any atom is 0.0860 e. The van der Waals surface area contributed by atoms with E-state index in [9.17, 15) is 0 Å². The van der Waals surface area contributed by atoms with Crippen molar-refractivity contribution in [1.82, 2.24) is 15.1 Å². The second kappa shape index (κ2) is 5.62. The molecule has 4 heteroatoms. The third kappa shape index (κ3) is 2.89. The van der Waals surface area contributed by atoms with Gasteiger partial charge in [0.25, 0.3) is 0 Å². The summed E-state index contributed by atoms with van der Waals surface area (Å²) in [6, 6.07) is 0.618. The molecular formula is C14H24ClN3. The van der Waals surface area contributed by atoms with Crippen LogP contribution in [0.2, 0.25) is 5.02 Å². The molecule has 0 spiro atoms. The molecule has 1 aromatic rings. The molecule has 0 amide bonds. The molecule has 1 saturated carbocycles. The molecule has 0 saturated heterocycles. The first-order valence-corrected chi connectivity index (χ1v) is 7.28. The van der Waals surface area contributed by atoms with Crippen molar-refractivity contribution in [2.45, 2.75) is 52.6 Å². The van der Waals surface area contributed by atoms with Gasteiger partial charge in [-0.3, -0.25) is 4.68 Å². The van der Waals surface area contributed by atoms with Gasteiger partial charge in [0.15, 0.2) is 0 Å². The summed E-state index contributed by atoms with van der Waals surface area (Å²) in [6.07, 6.45) is 3.94. The van der Waals surface area contributed by atoms with Crippen LogP contribution in [0.25, 0.3) is 0 Å². The minimum absolute atomic E-state index is 0.618. The molecule has 1 N–H and O–H groups in total.